The van der Waals surface area contributed by atoms with E-state index in [9.17, 15) is 8.42 Å². The van der Waals surface area contributed by atoms with Crippen LogP contribution in [-0.2, 0) is 10.0 Å². The summed E-state index contributed by atoms with van der Waals surface area (Å²) in [5, 5.41) is 0.343. The van der Waals surface area contributed by atoms with E-state index in [-0.39, 0.29) is 0 Å². The second kappa shape index (κ2) is 13.3. The number of pyridine rings is 1. The highest BCUT2D eigenvalue weighted by Crippen LogP contribution is 2.31. The van der Waals surface area contributed by atoms with Crippen molar-refractivity contribution < 1.29 is 8.42 Å². The van der Waals surface area contributed by atoms with Crippen molar-refractivity contribution in [3.8, 4) is 0 Å². The minimum Gasteiger partial charge on any atom is -0.281 e. The van der Waals surface area contributed by atoms with Crippen LogP contribution in [0, 0.1) is 0 Å². The van der Waals surface area contributed by atoms with Crippen molar-refractivity contribution in [2.24, 2.45) is 0 Å². The lowest BCUT2D eigenvalue weighted by atomic mass is 10.0. The summed E-state index contributed by atoms with van der Waals surface area (Å²) in [4.78, 5) is 4.40. The van der Waals surface area contributed by atoms with Gasteiger partial charge in [-0.3, -0.25) is 9.71 Å². The van der Waals surface area contributed by atoms with Crippen molar-refractivity contribution in [3.63, 3.8) is 0 Å². The summed E-state index contributed by atoms with van der Waals surface area (Å²) in [6.45, 7) is 2.25. The summed E-state index contributed by atoms with van der Waals surface area (Å²) in [5.74, 6) is 0. The molecule has 1 unspecified atom stereocenters. The third-order valence-electron chi connectivity index (χ3n) is 6.25. The van der Waals surface area contributed by atoms with Gasteiger partial charge >= 0.3 is 0 Å². The zero-order chi connectivity index (χ0) is 23.4. The molecule has 0 amide bonds. The molecule has 0 radical (unpaired) electrons. The normalized spacial score (nSPS) is 12.6. The topological polar surface area (TPSA) is 59.1 Å². The quantitative estimate of drug-likeness (QED) is 0.231. The standard InChI is InChI=1S/C28H38N2O2S/c1-2-3-4-5-6-7-8-9-10-14-22-27(24-17-12-11-13-18-24)33(31,32)30-26-21-15-19-25-20-16-23-29-28(25)26/h11-13,15-21,23,27,30H,2-10,14,22H2,1H3. The molecule has 0 saturated heterocycles. The summed E-state index contributed by atoms with van der Waals surface area (Å²) in [7, 11) is -3.62. The third-order valence-corrected chi connectivity index (χ3v) is 8.01. The van der Waals surface area contributed by atoms with E-state index in [1.165, 1.54) is 51.4 Å². The lowest BCUT2D eigenvalue weighted by Gasteiger charge is -2.20. The zero-order valence-electron chi connectivity index (χ0n) is 19.9. The average Bonchev–Trinajstić information content (AvgIpc) is 2.83. The molecular formula is C28H38N2O2S. The van der Waals surface area contributed by atoms with E-state index in [0.29, 0.717) is 17.6 Å². The molecule has 3 rings (SSSR count). The van der Waals surface area contributed by atoms with Crippen LogP contribution in [-0.4, -0.2) is 13.4 Å². The van der Waals surface area contributed by atoms with E-state index in [2.05, 4.69) is 16.6 Å². The highest BCUT2D eigenvalue weighted by atomic mass is 32.2. The Morgan fingerprint density at radius 2 is 1.39 bits per heavy atom. The fourth-order valence-electron chi connectivity index (χ4n) is 4.40. The van der Waals surface area contributed by atoms with Gasteiger partial charge in [-0.05, 0) is 24.1 Å². The summed E-state index contributed by atoms with van der Waals surface area (Å²) >= 11 is 0. The molecule has 0 bridgehead atoms. The van der Waals surface area contributed by atoms with Crippen LogP contribution in [0.4, 0.5) is 5.69 Å². The van der Waals surface area contributed by atoms with Crippen molar-refractivity contribution in [3.05, 3.63) is 72.4 Å². The Hall–Kier alpha value is -2.40. The van der Waals surface area contributed by atoms with Crippen LogP contribution in [0.25, 0.3) is 10.9 Å². The highest BCUT2D eigenvalue weighted by molar-refractivity contribution is 7.93. The molecule has 33 heavy (non-hydrogen) atoms. The van der Waals surface area contributed by atoms with Crippen LogP contribution in [0.15, 0.2) is 66.9 Å². The molecule has 1 aromatic heterocycles. The molecule has 0 spiro atoms. The zero-order valence-corrected chi connectivity index (χ0v) is 20.7. The van der Waals surface area contributed by atoms with E-state index >= 15 is 0 Å². The lowest BCUT2D eigenvalue weighted by Crippen LogP contribution is -2.22. The number of fused-ring (bicyclic) bond motifs is 1. The molecule has 3 aromatic rings. The van der Waals surface area contributed by atoms with Gasteiger partial charge in [0, 0.05) is 11.6 Å². The molecule has 2 aromatic carbocycles. The molecule has 178 valence electrons. The molecule has 4 nitrogen and oxygen atoms in total. The van der Waals surface area contributed by atoms with Crippen molar-refractivity contribution in [2.45, 2.75) is 82.8 Å². The predicted octanol–water partition coefficient (Wildman–Crippen LogP) is 8.03. The van der Waals surface area contributed by atoms with Crippen molar-refractivity contribution in [1.29, 1.82) is 0 Å². The molecule has 0 aliphatic rings. The average molecular weight is 467 g/mol. The maximum absolute atomic E-state index is 13.5. The second-order valence-electron chi connectivity index (χ2n) is 8.90. The highest BCUT2D eigenvalue weighted by Gasteiger charge is 2.27. The monoisotopic (exact) mass is 466 g/mol. The van der Waals surface area contributed by atoms with Crippen LogP contribution < -0.4 is 4.72 Å². The van der Waals surface area contributed by atoms with E-state index in [1.807, 2.05) is 54.6 Å². The molecule has 0 fully saturated rings. The van der Waals surface area contributed by atoms with Gasteiger partial charge in [0.2, 0.25) is 10.0 Å². The van der Waals surface area contributed by atoms with Gasteiger partial charge in [0.15, 0.2) is 0 Å². The first-order chi connectivity index (χ1) is 16.1. The number of nitrogens with one attached hydrogen (secondary N) is 1. The smallest absolute Gasteiger partial charge is 0.239 e. The van der Waals surface area contributed by atoms with Gasteiger partial charge in [-0.15, -0.1) is 0 Å². The van der Waals surface area contributed by atoms with Crippen LogP contribution in [0.1, 0.15) is 88.4 Å². The summed E-state index contributed by atoms with van der Waals surface area (Å²) < 4.78 is 29.8. The van der Waals surface area contributed by atoms with Crippen molar-refractivity contribution in [1.82, 2.24) is 4.98 Å². The molecular weight excluding hydrogens is 428 g/mol. The van der Waals surface area contributed by atoms with Gasteiger partial charge in [-0.25, -0.2) is 8.42 Å². The summed E-state index contributed by atoms with van der Waals surface area (Å²) in [6.07, 6.45) is 14.7. The number of rotatable bonds is 15. The molecule has 0 saturated carbocycles. The van der Waals surface area contributed by atoms with Crippen molar-refractivity contribution in [2.75, 3.05) is 4.72 Å². The van der Waals surface area contributed by atoms with E-state index in [4.69, 9.17) is 0 Å². The maximum Gasteiger partial charge on any atom is 0.239 e. The molecule has 0 aliphatic carbocycles. The molecule has 5 heteroatoms. The first-order valence-corrected chi connectivity index (χ1v) is 14.1. The number of unbranched alkanes of at least 4 members (excludes halogenated alkanes) is 9. The van der Waals surface area contributed by atoms with Gasteiger partial charge in [-0.1, -0.05) is 120 Å². The maximum atomic E-state index is 13.5. The number of anilines is 1. The molecule has 1 N–H and O–H groups in total. The Balaban J connectivity index is 1.60. The van der Waals surface area contributed by atoms with Crippen molar-refractivity contribution >= 4 is 26.6 Å². The fourth-order valence-corrected chi connectivity index (χ4v) is 6.00. The number of nitrogens with zero attached hydrogens (tertiary/aromatic N) is 1. The van der Waals surface area contributed by atoms with Gasteiger partial charge in [0.25, 0.3) is 0 Å². The minimum absolute atomic E-state index is 0.539. The number of hydrogen-bond donors (Lipinski definition) is 1. The number of sulfonamides is 1. The first-order valence-electron chi connectivity index (χ1n) is 12.5. The number of para-hydroxylation sites is 1. The van der Waals surface area contributed by atoms with Crippen LogP contribution in [0.5, 0.6) is 0 Å². The second-order valence-corrected chi connectivity index (χ2v) is 10.8. The number of hydrogen-bond acceptors (Lipinski definition) is 3. The van der Waals surface area contributed by atoms with Crippen LogP contribution in [0.3, 0.4) is 0 Å². The van der Waals surface area contributed by atoms with Gasteiger partial charge in [0.1, 0.15) is 5.25 Å². The summed E-state index contributed by atoms with van der Waals surface area (Å²) in [5.41, 5.74) is 2.06. The Labute approximate surface area is 199 Å². The molecule has 0 aliphatic heterocycles. The Bertz CT molecular complexity index is 1060. The van der Waals surface area contributed by atoms with E-state index in [1.54, 1.807) is 12.3 Å². The molecule has 1 heterocycles. The Morgan fingerprint density at radius 3 is 2.09 bits per heavy atom. The summed E-state index contributed by atoms with van der Waals surface area (Å²) in [6, 6.07) is 19.0. The third kappa shape index (κ3) is 7.85. The number of aromatic nitrogens is 1. The Kier molecular flexibility index (Phi) is 10.2. The first kappa shape index (κ1) is 25.2. The van der Waals surface area contributed by atoms with Gasteiger partial charge < -0.3 is 0 Å². The predicted molar refractivity (Wildman–Crippen MR) is 140 cm³/mol. The SMILES string of the molecule is CCCCCCCCCCCCC(c1ccccc1)S(=O)(=O)Nc1cccc2cccnc12. The van der Waals surface area contributed by atoms with Crippen LogP contribution in [0.2, 0.25) is 0 Å². The van der Waals surface area contributed by atoms with Crippen LogP contribution >= 0.6 is 0 Å². The van der Waals surface area contributed by atoms with E-state index < -0.39 is 15.3 Å². The Morgan fingerprint density at radius 1 is 0.758 bits per heavy atom. The fraction of sp³-hybridized carbons (Fsp3) is 0.464. The minimum atomic E-state index is -3.62. The lowest BCUT2D eigenvalue weighted by molar-refractivity contribution is 0.538. The molecule has 1 atom stereocenters. The largest absolute Gasteiger partial charge is 0.281 e. The van der Waals surface area contributed by atoms with Gasteiger partial charge in [0.05, 0.1) is 11.2 Å². The van der Waals surface area contributed by atoms with E-state index in [0.717, 1.165) is 23.8 Å². The number of benzene rings is 2. The van der Waals surface area contributed by atoms with Gasteiger partial charge in [-0.2, -0.15) is 0 Å².